The molecule has 136 valence electrons. The zero-order valence-electron chi connectivity index (χ0n) is 13.9. The van der Waals surface area contributed by atoms with Gasteiger partial charge in [-0.25, -0.2) is 9.98 Å². The lowest BCUT2D eigenvalue weighted by molar-refractivity contribution is -0.140. The number of hydrogen-bond acceptors (Lipinski definition) is 4. The second-order valence-electron chi connectivity index (χ2n) is 5.55. The third kappa shape index (κ3) is 5.34. The number of guanidine groups is 1. The molecule has 0 amide bonds. The number of likely N-dealkylation sites (tertiary alicyclic amines) is 1. The first-order valence-corrected chi connectivity index (χ1v) is 8.94. The minimum absolute atomic E-state index is 0.149. The standard InChI is InChI=1S/C15H23F3N4OS/c1-3-19-14(22-6-5-11(8-22)9-23-4-2)20-7-13-21-12(10-24-13)15(16,17)18/h10-11H,3-9H2,1-2H3,(H,19,20). The summed E-state index contributed by atoms with van der Waals surface area (Å²) in [5.41, 5.74) is -0.847. The van der Waals surface area contributed by atoms with E-state index in [1.807, 2.05) is 13.8 Å². The molecule has 5 nitrogen and oxygen atoms in total. The van der Waals surface area contributed by atoms with Gasteiger partial charge in [-0.05, 0) is 20.3 Å². The van der Waals surface area contributed by atoms with Crippen LogP contribution in [0, 0.1) is 5.92 Å². The lowest BCUT2D eigenvalue weighted by Crippen LogP contribution is -2.40. The van der Waals surface area contributed by atoms with Gasteiger partial charge < -0.3 is 15.0 Å². The van der Waals surface area contributed by atoms with Crippen molar-refractivity contribution in [3.05, 3.63) is 16.1 Å². The molecule has 0 bridgehead atoms. The molecule has 1 aliphatic heterocycles. The zero-order valence-corrected chi connectivity index (χ0v) is 14.7. The molecule has 1 aromatic rings. The average molecular weight is 364 g/mol. The van der Waals surface area contributed by atoms with Gasteiger partial charge in [0.1, 0.15) is 5.01 Å². The zero-order chi connectivity index (χ0) is 17.6. The van der Waals surface area contributed by atoms with Crippen LogP contribution in [0.2, 0.25) is 0 Å². The molecule has 2 rings (SSSR count). The number of aromatic nitrogens is 1. The molecule has 1 N–H and O–H groups in total. The first-order valence-electron chi connectivity index (χ1n) is 8.06. The molecule has 0 radical (unpaired) electrons. The van der Waals surface area contributed by atoms with Crippen molar-refractivity contribution < 1.29 is 17.9 Å². The van der Waals surface area contributed by atoms with E-state index in [-0.39, 0.29) is 6.54 Å². The highest BCUT2D eigenvalue weighted by atomic mass is 32.1. The molecule has 1 saturated heterocycles. The van der Waals surface area contributed by atoms with Crippen LogP contribution in [0.5, 0.6) is 0 Å². The van der Waals surface area contributed by atoms with Crippen LogP contribution < -0.4 is 5.32 Å². The molecule has 9 heteroatoms. The smallest absolute Gasteiger partial charge is 0.381 e. The number of alkyl halides is 3. The molecule has 0 aromatic carbocycles. The summed E-state index contributed by atoms with van der Waals surface area (Å²) >= 11 is 0.986. The monoisotopic (exact) mass is 364 g/mol. The van der Waals surface area contributed by atoms with E-state index in [4.69, 9.17) is 4.74 Å². The molecule has 0 saturated carbocycles. The Morgan fingerprint density at radius 1 is 1.50 bits per heavy atom. The maximum Gasteiger partial charge on any atom is 0.434 e. The quantitative estimate of drug-likeness (QED) is 0.623. The maximum atomic E-state index is 12.6. The van der Waals surface area contributed by atoms with E-state index in [2.05, 4.69) is 20.2 Å². The molecule has 0 aliphatic carbocycles. The Labute approximate surface area is 143 Å². The van der Waals surface area contributed by atoms with Crippen molar-refractivity contribution in [3.63, 3.8) is 0 Å². The van der Waals surface area contributed by atoms with E-state index in [9.17, 15) is 13.2 Å². The van der Waals surface area contributed by atoms with Gasteiger partial charge in [0.05, 0.1) is 13.2 Å². The molecule has 24 heavy (non-hydrogen) atoms. The number of halogens is 3. The number of ether oxygens (including phenoxy) is 1. The molecule has 2 heterocycles. The normalized spacial score (nSPS) is 19.1. The van der Waals surface area contributed by atoms with Crippen LogP contribution >= 0.6 is 11.3 Å². The SMILES string of the molecule is CCNC(=NCc1nc(C(F)(F)F)cs1)N1CCC(COCC)C1. The summed E-state index contributed by atoms with van der Waals surface area (Å²) in [7, 11) is 0. The predicted octanol–water partition coefficient (Wildman–Crippen LogP) is 2.99. The van der Waals surface area contributed by atoms with Crippen molar-refractivity contribution >= 4 is 17.3 Å². The molecule has 1 fully saturated rings. The topological polar surface area (TPSA) is 49.8 Å². The van der Waals surface area contributed by atoms with Gasteiger partial charge in [-0.3, -0.25) is 0 Å². The van der Waals surface area contributed by atoms with Crippen LogP contribution in [0.25, 0.3) is 0 Å². The molecule has 0 spiro atoms. The highest BCUT2D eigenvalue weighted by molar-refractivity contribution is 7.09. The van der Waals surface area contributed by atoms with Crippen molar-refractivity contribution in [2.75, 3.05) is 32.8 Å². The first-order chi connectivity index (χ1) is 11.4. The number of rotatable bonds is 6. The fourth-order valence-electron chi connectivity index (χ4n) is 2.53. The molecule has 1 atom stereocenters. The van der Waals surface area contributed by atoms with Gasteiger partial charge in [-0.15, -0.1) is 11.3 Å². The van der Waals surface area contributed by atoms with Gasteiger partial charge >= 0.3 is 6.18 Å². The van der Waals surface area contributed by atoms with Gasteiger partial charge in [-0.1, -0.05) is 0 Å². The Hall–Kier alpha value is -1.35. The summed E-state index contributed by atoms with van der Waals surface area (Å²) in [6, 6.07) is 0. The van der Waals surface area contributed by atoms with Gasteiger partial charge in [0.2, 0.25) is 0 Å². The van der Waals surface area contributed by atoms with E-state index in [0.29, 0.717) is 24.1 Å². The van der Waals surface area contributed by atoms with Gasteiger partial charge in [-0.2, -0.15) is 13.2 Å². The summed E-state index contributed by atoms with van der Waals surface area (Å²) in [5.74, 6) is 1.19. The summed E-state index contributed by atoms with van der Waals surface area (Å²) in [6.07, 6.45) is -3.37. The van der Waals surface area contributed by atoms with Crippen LogP contribution in [0.3, 0.4) is 0 Å². The predicted molar refractivity (Wildman–Crippen MR) is 88.1 cm³/mol. The van der Waals surface area contributed by atoms with E-state index in [1.54, 1.807) is 0 Å². The molecule has 1 aromatic heterocycles. The van der Waals surface area contributed by atoms with Crippen LogP contribution in [-0.4, -0.2) is 48.7 Å². The average Bonchev–Trinajstić information content (AvgIpc) is 3.18. The van der Waals surface area contributed by atoms with E-state index in [0.717, 1.165) is 48.8 Å². The van der Waals surface area contributed by atoms with Crippen molar-refractivity contribution in [3.8, 4) is 0 Å². The van der Waals surface area contributed by atoms with Gasteiger partial charge in [0, 0.05) is 37.5 Å². The minimum Gasteiger partial charge on any atom is -0.381 e. The van der Waals surface area contributed by atoms with Crippen LogP contribution in [0.1, 0.15) is 31.0 Å². The Morgan fingerprint density at radius 3 is 2.92 bits per heavy atom. The molecular formula is C15H23F3N4OS. The number of hydrogen-bond donors (Lipinski definition) is 1. The number of aliphatic imine (C=N–C) groups is 1. The second-order valence-corrected chi connectivity index (χ2v) is 6.50. The molecule has 1 unspecified atom stereocenters. The summed E-state index contributed by atoms with van der Waals surface area (Å²) in [4.78, 5) is 10.2. The van der Waals surface area contributed by atoms with E-state index >= 15 is 0 Å². The Balaban J connectivity index is 1.97. The number of nitrogens with one attached hydrogen (secondary N) is 1. The first kappa shape index (κ1) is 19.0. The van der Waals surface area contributed by atoms with Crippen molar-refractivity contribution in [2.45, 2.75) is 33.0 Å². The highest BCUT2D eigenvalue weighted by Gasteiger charge is 2.33. The van der Waals surface area contributed by atoms with Gasteiger partial charge in [0.25, 0.3) is 0 Å². The lowest BCUT2D eigenvalue weighted by atomic mass is 10.1. The van der Waals surface area contributed by atoms with Crippen molar-refractivity contribution in [1.82, 2.24) is 15.2 Å². The highest BCUT2D eigenvalue weighted by Crippen LogP contribution is 2.30. The van der Waals surface area contributed by atoms with Gasteiger partial charge in [0.15, 0.2) is 11.7 Å². The molecule has 1 aliphatic rings. The van der Waals surface area contributed by atoms with Crippen LogP contribution in [0.15, 0.2) is 10.4 Å². The second kappa shape index (κ2) is 8.66. The maximum absolute atomic E-state index is 12.6. The summed E-state index contributed by atoms with van der Waals surface area (Å²) in [6.45, 7) is 7.94. The third-order valence-corrected chi connectivity index (χ3v) is 4.52. The van der Waals surface area contributed by atoms with Crippen LogP contribution in [0.4, 0.5) is 13.2 Å². The van der Waals surface area contributed by atoms with E-state index in [1.165, 1.54) is 0 Å². The fourth-order valence-corrected chi connectivity index (χ4v) is 3.25. The van der Waals surface area contributed by atoms with Crippen molar-refractivity contribution in [1.29, 1.82) is 0 Å². The van der Waals surface area contributed by atoms with Crippen molar-refractivity contribution in [2.24, 2.45) is 10.9 Å². The minimum atomic E-state index is -4.40. The summed E-state index contributed by atoms with van der Waals surface area (Å²) < 4.78 is 43.2. The number of thiazole rings is 1. The number of nitrogens with zero attached hydrogens (tertiary/aromatic N) is 3. The third-order valence-electron chi connectivity index (χ3n) is 3.68. The van der Waals surface area contributed by atoms with Crippen LogP contribution in [-0.2, 0) is 17.5 Å². The van der Waals surface area contributed by atoms with E-state index < -0.39 is 11.9 Å². The molecular weight excluding hydrogens is 341 g/mol. The Bertz CT molecular complexity index is 547. The largest absolute Gasteiger partial charge is 0.434 e. The Kier molecular flexibility index (Phi) is 6.85. The fraction of sp³-hybridized carbons (Fsp3) is 0.733. The summed E-state index contributed by atoms with van der Waals surface area (Å²) in [5, 5.41) is 4.60. The lowest BCUT2D eigenvalue weighted by Gasteiger charge is -2.21. The Morgan fingerprint density at radius 2 is 2.29 bits per heavy atom.